The molecule has 0 saturated heterocycles. The molecule has 5 heteroatoms. The molecule has 17 heavy (non-hydrogen) atoms. The molecular formula is C12H12N4S. The topological polar surface area (TPSA) is 56.7 Å². The molecule has 2 heterocycles. The van der Waals surface area contributed by atoms with E-state index in [1.807, 2.05) is 23.6 Å². The Morgan fingerprint density at radius 2 is 2.12 bits per heavy atom. The average Bonchev–Trinajstić information content (AvgIpc) is 2.91. The molecule has 3 rings (SSSR count). The Labute approximate surface area is 103 Å². The van der Waals surface area contributed by atoms with Crippen molar-refractivity contribution in [3.63, 3.8) is 0 Å². The van der Waals surface area contributed by atoms with Gasteiger partial charge in [-0.3, -0.25) is 0 Å². The largest absolute Gasteiger partial charge is 0.375 e. The minimum atomic E-state index is 0.578. The van der Waals surface area contributed by atoms with Crippen molar-refractivity contribution in [2.45, 2.75) is 13.5 Å². The molecule has 86 valence electrons. The zero-order chi connectivity index (χ0) is 11.8. The van der Waals surface area contributed by atoms with Crippen LogP contribution in [0.2, 0.25) is 0 Å². The number of hydrogen-bond donors (Lipinski definition) is 1. The number of fused-ring (bicyclic) bond motifs is 1. The van der Waals surface area contributed by atoms with Crippen LogP contribution in [-0.4, -0.2) is 14.5 Å². The standard InChI is InChI=1S/C12H12N4S/c1-2-16-10-6-4-3-5-8(10)14-11(16)9-7-17-12(13)15-9/h3-7H,2H2,1H3,(H2,13,15). The van der Waals surface area contributed by atoms with E-state index in [4.69, 9.17) is 5.73 Å². The van der Waals surface area contributed by atoms with Crippen LogP contribution >= 0.6 is 11.3 Å². The molecule has 0 bridgehead atoms. The van der Waals surface area contributed by atoms with E-state index in [9.17, 15) is 0 Å². The van der Waals surface area contributed by atoms with Crippen LogP contribution in [0.1, 0.15) is 6.92 Å². The number of hydrogen-bond acceptors (Lipinski definition) is 4. The number of aryl methyl sites for hydroxylation is 1. The predicted molar refractivity (Wildman–Crippen MR) is 70.9 cm³/mol. The first-order chi connectivity index (χ1) is 8.29. The second-order valence-electron chi connectivity index (χ2n) is 3.74. The number of aromatic nitrogens is 3. The third kappa shape index (κ3) is 1.59. The number of nitrogens with zero attached hydrogens (tertiary/aromatic N) is 3. The van der Waals surface area contributed by atoms with E-state index in [0.717, 1.165) is 29.1 Å². The van der Waals surface area contributed by atoms with E-state index in [-0.39, 0.29) is 0 Å². The normalized spacial score (nSPS) is 11.1. The zero-order valence-corrected chi connectivity index (χ0v) is 10.2. The highest BCUT2D eigenvalue weighted by Crippen LogP contribution is 2.26. The molecular weight excluding hydrogens is 232 g/mol. The van der Waals surface area contributed by atoms with Crippen LogP contribution in [0.25, 0.3) is 22.6 Å². The molecule has 0 aliphatic heterocycles. The van der Waals surface area contributed by atoms with E-state index < -0.39 is 0 Å². The average molecular weight is 244 g/mol. The maximum absolute atomic E-state index is 5.67. The Kier molecular flexibility index (Phi) is 2.33. The van der Waals surface area contributed by atoms with Gasteiger partial charge in [0, 0.05) is 11.9 Å². The van der Waals surface area contributed by atoms with Gasteiger partial charge in [0.2, 0.25) is 0 Å². The Balaban J connectivity index is 2.29. The maximum atomic E-state index is 5.67. The van der Waals surface area contributed by atoms with Crippen molar-refractivity contribution in [2.24, 2.45) is 0 Å². The van der Waals surface area contributed by atoms with E-state index in [2.05, 4.69) is 27.5 Å². The van der Waals surface area contributed by atoms with Gasteiger partial charge in [0.15, 0.2) is 11.0 Å². The predicted octanol–water partition coefficient (Wildman–Crippen LogP) is 2.76. The number of anilines is 1. The molecule has 1 aromatic carbocycles. The lowest BCUT2D eigenvalue weighted by Crippen LogP contribution is -1.97. The van der Waals surface area contributed by atoms with Gasteiger partial charge in [-0.05, 0) is 19.1 Å². The molecule has 0 fully saturated rings. The van der Waals surface area contributed by atoms with Crippen molar-refractivity contribution in [1.82, 2.24) is 14.5 Å². The molecule has 0 radical (unpaired) electrons. The summed E-state index contributed by atoms with van der Waals surface area (Å²) in [6.07, 6.45) is 0. The highest BCUT2D eigenvalue weighted by molar-refractivity contribution is 7.13. The van der Waals surface area contributed by atoms with Gasteiger partial charge in [-0.2, -0.15) is 0 Å². The zero-order valence-electron chi connectivity index (χ0n) is 9.42. The lowest BCUT2D eigenvalue weighted by Gasteiger charge is -2.02. The summed E-state index contributed by atoms with van der Waals surface area (Å²) in [5, 5.41) is 2.53. The SMILES string of the molecule is CCn1c(-c2csc(N)n2)nc2ccccc21. The Morgan fingerprint density at radius 1 is 1.29 bits per heavy atom. The second-order valence-corrected chi connectivity index (χ2v) is 4.63. The monoisotopic (exact) mass is 244 g/mol. The van der Waals surface area contributed by atoms with Gasteiger partial charge in [0.1, 0.15) is 5.69 Å². The van der Waals surface area contributed by atoms with Gasteiger partial charge in [-0.25, -0.2) is 9.97 Å². The first kappa shape index (κ1) is 10.3. The van der Waals surface area contributed by atoms with Crippen molar-refractivity contribution >= 4 is 27.5 Å². The van der Waals surface area contributed by atoms with Gasteiger partial charge in [0.25, 0.3) is 0 Å². The summed E-state index contributed by atoms with van der Waals surface area (Å²) in [6.45, 7) is 2.97. The van der Waals surface area contributed by atoms with Crippen molar-refractivity contribution in [3.05, 3.63) is 29.6 Å². The van der Waals surface area contributed by atoms with Gasteiger partial charge in [-0.15, -0.1) is 11.3 Å². The molecule has 0 amide bonds. The van der Waals surface area contributed by atoms with E-state index in [1.54, 1.807) is 0 Å². The third-order valence-electron chi connectivity index (χ3n) is 2.72. The van der Waals surface area contributed by atoms with Crippen LogP contribution in [0.5, 0.6) is 0 Å². The van der Waals surface area contributed by atoms with Crippen molar-refractivity contribution in [2.75, 3.05) is 5.73 Å². The summed E-state index contributed by atoms with van der Waals surface area (Å²) in [7, 11) is 0. The van der Waals surface area contributed by atoms with Crippen LogP contribution in [0.15, 0.2) is 29.6 Å². The van der Waals surface area contributed by atoms with E-state index in [1.165, 1.54) is 11.3 Å². The Morgan fingerprint density at radius 3 is 2.82 bits per heavy atom. The Bertz CT molecular complexity index is 668. The first-order valence-corrected chi connectivity index (χ1v) is 6.34. The van der Waals surface area contributed by atoms with Gasteiger partial charge < -0.3 is 10.3 Å². The molecule has 4 nitrogen and oxygen atoms in total. The molecule has 2 N–H and O–H groups in total. The lowest BCUT2D eigenvalue weighted by molar-refractivity contribution is 0.794. The van der Waals surface area contributed by atoms with E-state index in [0.29, 0.717) is 5.13 Å². The number of rotatable bonds is 2. The third-order valence-corrected chi connectivity index (χ3v) is 3.40. The quantitative estimate of drug-likeness (QED) is 0.754. The molecule has 0 spiro atoms. The number of benzene rings is 1. The summed E-state index contributed by atoms with van der Waals surface area (Å²) in [6, 6.07) is 8.11. The van der Waals surface area contributed by atoms with Crippen LogP contribution in [0.3, 0.4) is 0 Å². The van der Waals surface area contributed by atoms with Gasteiger partial charge in [0.05, 0.1) is 11.0 Å². The maximum Gasteiger partial charge on any atom is 0.180 e. The van der Waals surface area contributed by atoms with Crippen LogP contribution < -0.4 is 5.73 Å². The van der Waals surface area contributed by atoms with Crippen LogP contribution in [0, 0.1) is 0 Å². The number of imidazole rings is 1. The van der Waals surface area contributed by atoms with Gasteiger partial charge >= 0.3 is 0 Å². The smallest absolute Gasteiger partial charge is 0.180 e. The summed E-state index contributed by atoms with van der Waals surface area (Å²) < 4.78 is 2.16. The van der Waals surface area contributed by atoms with Crippen LogP contribution in [-0.2, 0) is 6.54 Å². The number of nitrogens with two attached hydrogens (primary N) is 1. The Hall–Kier alpha value is -1.88. The lowest BCUT2D eigenvalue weighted by atomic mass is 10.3. The molecule has 0 aliphatic rings. The minimum absolute atomic E-state index is 0.578. The number of thiazole rings is 1. The molecule has 3 aromatic rings. The van der Waals surface area contributed by atoms with Crippen molar-refractivity contribution < 1.29 is 0 Å². The summed E-state index contributed by atoms with van der Waals surface area (Å²) in [4.78, 5) is 8.92. The molecule has 0 saturated carbocycles. The molecule has 0 unspecified atom stereocenters. The molecule has 0 aliphatic carbocycles. The minimum Gasteiger partial charge on any atom is -0.375 e. The fourth-order valence-corrected chi connectivity index (χ4v) is 2.52. The number of para-hydroxylation sites is 2. The van der Waals surface area contributed by atoms with Crippen molar-refractivity contribution in [3.8, 4) is 11.5 Å². The summed E-state index contributed by atoms with van der Waals surface area (Å²) in [5.74, 6) is 0.890. The first-order valence-electron chi connectivity index (χ1n) is 5.46. The summed E-state index contributed by atoms with van der Waals surface area (Å²) in [5.41, 5.74) is 8.66. The fourth-order valence-electron chi connectivity index (χ4n) is 1.98. The van der Waals surface area contributed by atoms with E-state index >= 15 is 0 Å². The number of nitrogen functional groups attached to an aromatic ring is 1. The highest BCUT2D eigenvalue weighted by atomic mass is 32.1. The van der Waals surface area contributed by atoms with Gasteiger partial charge in [-0.1, -0.05) is 12.1 Å². The van der Waals surface area contributed by atoms with Crippen LogP contribution in [0.4, 0.5) is 5.13 Å². The second kappa shape index (κ2) is 3.85. The molecule has 0 atom stereocenters. The highest BCUT2D eigenvalue weighted by Gasteiger charge is 2.13. The fraction of sp³-hybridized carbons (Fsp3) is 0.167. The van der Waals surface area contributed by atoms with Crippen molar-refractivity contribution in [1.29, 1.82) is 0 Å². The summed E-state index contributed by atoms with van der Waals surface area (Å²) >= 11 is 1.44. The molecule has 2 aromatic heterocycles.